The van der Waals surface area contributed by atoms with Crippen molar-refractivity contribution in [2.45, 2.75) is 0 Å². The van der Waals surface area contributed by atoms with E-state index in [9.17, 15) is 4.79 Å². The van der Waals surface area contributed by atoms with Gasteiger partial charge in [-0.15, -0.1) is 12.4 Å². The highest BCUT2D eigenvalue weighted by molar-refractivity contribution is 5.85. The molecular formula is C7H12ClN3O. The molecule has 5 heteroatoms. The Morgan fingerprint density at radius 1 is 1.58 bits per heavy atom. The van der Waals surface area contributed by atoms with Gasteiger partial charge in [-0.3, -0.25) is 4.90 Å². The Hall–Kier alpha value is -0.900. The van der Waals surface area contributed by atoms with Gasteiger partial charge >= 0.3 is 6.03 Å². The number of carbonyl (C=O) groups excluding carboxylic acids is 1. The molecular weight excluding hydrogens is 178 g/mol. The van der Waals surface area contributed by atoms with Crippen LogP contribution in [-0.2, 0) is 0 Å². The Kier molecular flexibility index (Phi) is 2.47. The zero-order valence-corrected chi connectivity index (χ0v) is 7.73. The summed E-state index contributed by atoms with van der Waals surface area (Å²) < 4.78 is 0. The van der Waals surface area contributed by atoms with Crippen molar-refractivity contribution in [1.29, 1.82) is 0 Å². The zero-order valence-electron chi connectivity index (χ0n) is 6.91. The molecule has 0 atom stereocenters. The standard InChI is InChI=1S/C7H11N3O.ClH/c1-9-5-6-4-8-2-3-10(6)7(9)11;/h4,8H,2-3,5H2,1H3;1H. The summed E-state index contributed by atoms with van der Waals surface area (Å²) in [5.74, 6) is 0. The summed E-state index contributed by atoms with van der Waals surface area (Å²) in [6.45, 7) is 2.41. The molecule has 1 saturated heterocycles. The van der Waals surface area contributed by atoms with E-state index in [1.54, 1.807) is 4.90 Å². The fourth-order valence-electron chi connectivity index (χ4n) is 1.45. The number of fused-ring (bicyclic) bond motifs is 1. The Bertz CT molecular complexity index is 229. The summed E-state index contributed by atoms with van der Waals surface area (Å²) in [4.78, 5) is 14.9. The van der Waals surface area contributed by atoms with E-state index >= 15 is 0 Å². The predicted octanol–water partition coefficient (Wildman–Crippen LogP) is 0.220. The average molecular weight is 190 g/mol. The van der Waals surface area contributed by atoms with Crippen molar-refractivity contribution in [2.24, 2.45) is 0 Å². The van der Waals surface area contributed by atoms with Gasteiger partial charge in [0.15, 0.2) is 0 Å². The SMILES string of the molecule is CN1CC2=CNCCN2C1=O.Cl. The summed E-state index contributed by atoms with van der Waals surface area (Å²) >= 11 is 0. The van der Waals surface area contributed by atoms with E-state index in [2.05, 4.69) is 5.32 Å². The number of likely N-dealkylation sites (N-methyl/N-ethyl adjacent to an activating group) is 1. The Morgan fingerprint density at radius 3 is 3.00 bits per heavy atom. The molecule has 0 spiro atoms. The molecule has 0 aliphatic carbocycles. The molecule has 2 heterocycles. The largest absolute Gasteiger partial charge is 0.388 e. The molecule has 2 aliphatic rings. The van der Waals surface area contributed by atoms with Gasteiger partial charge in [-0.25, -0.2) is 4.79 Å². The molecule has 0 aromatic heterocycles. The molecule has 68 valence electrons. The van der Waals surface area contributed by atoms with Crippen LogP contribution in [0, 0.1) is 0 Å². The van der Waals surface area contributed by atoms with Crippen LogP contribution in [-0.4, -0.2) is 42.5 Å². The Balaban J connectivity index is 0.000000720. The lowest BCUT2D eigenvalue weighted by atomic mass is 10.3. The van der Waals surface area contributed by atoms with E-state index in [1.165, 1.54) is 0 Å². The number of hydrogen-bond donors (Lipinski definition) is 1. The minimum atomic E-state index is 0. The number of hydrogen-bond acceptors (Lipinski definition) is 2. The van der Waals surface area contributed by atoms with E-state index in [0.29, 0.717) is 0 Å². The van der Waals surface area contributed by atoms with Crippen LogP contribution in [0.2, 0.25) is 0 Å². The lowest BCUT2D eigenvalue weighted by molar-refractivity contribution is 0.201. The number of halogens is 1. The fourth-order valence-corrected chi connectivity index (χ4v) is 1.45. The number of carbonyl (C=O) groups is 1. The molecule has 0 unspecified atom stereocenters. The van der Waals surface area contributed by atoms with Crippen LogP contribution in [0.1, 0.15) is 0 Å². The van der Waals surface area contributed by atoms with Crippen molar-refractivity contribution in [3.8, 4) is 0 Å². The first kappa shape index (κ1) is 9.19. The molecule has 4 nitrogen and oxygen atoms in total. The van der Waals surface area contributed by atoms with Crippen LogP contribution in [0.4, 0.5) is 4.79 Å². The van der Waals surface area contributed by atoms with Gasteiger partial charge in [-0.1, -0.05) is 0 Å². The molecule has 1 fully saturated rings. The van der Waals surface area contributed by atoms with Gasteiger partial charge in [0.2, 0.25) is 0 Å². The average Bonchev–Trinajstić information content (AvgIpc) is 2.30. The molecule has 12 heavy (non-hydrogen) atoms. The smallest absolute Gasteiger partial charge is 0.324 e. The third-order valence-corrected chi connectivity index (χ3v) is 2.05. The first-order valence-electron chi connectivity index (χ1n) is 3.74. The second-order valence-corrected chi connectivity index (χ2v) is 2.88. The number of nitrogens with one attached hydrogen (secondary N) is 1. The highest BCUT2D eigenvalue weighted by Crippen LogP contribution is 2.17. The minimum absolute atomic E-state index is 0. The lowest BCUT2D eigenvalue weighted by Gasteiger charge is -2.21. The maximum atomic E-state index is 11.3. The van der Waals surface area contributed by atoms with Crippen molar-refractivity contribution < 1.29 is 4.79 Å². The first-order valence-corrected chi connectivity index (χ1v) is 3.74. The molecule has 2 amide bonds. The Labute approximate surface area is 77.6 Å². The summed E-state index contributed by atoms with van der Waals surface area (Å²) in [7, 11) is 1.82. The Morgan fingerprint density at radius 2 is 2.33 bits per heavy atom. The van der Waals surface area contributed by atoms with E-state index in [-0.39, 0.29) is 18.4 Å². The van der Waals surface area contributed by atoms with E-state index in [1.807, 2.05) is 18.1 Å². The molecule has 1 N–H and O–H groups in total. The third kappa shape index (κ3) is 1.22. The minimum Gasteiger partial charge on any atom is -0.388 e. The van der Waals surface area contributed by atoms with Crippen molar-refractivity contribution >= 4 is 18.4 Å². The maximum absolute atomic E-state index is 11.3. The van der Waals surface area contributed by atoms with Gasteiger partial charge in [0, 0.05) is 26.3 Å². The topological polar surface area (TPSA) is 35.6 Å². The molecule has 0 saturated carbocycles. The van der Waals surface area contributed by atoms with Gasteiger partial charge in [0.1, 0.15) is 0 Å². The monoisotopic (exact) mass is 189 g/mol. The predicted molar refractivity (Wildman–Crippen MR) is 48.1 cm³/mol. The molecule has 0 radical (unpaired) electrons. The van der Waals surface area contributed by atoms with Gasteiger partial charge in [0.25, 0.3) is 0 Å². The zero-order chi connectivity index (χ0) is 7.84. The molecule has 0 aromatic carbocycles. The summed E-state index contributed by atoms with van der Waals surface area (Å²) in [5.41, 5.74) is 1.09. The molecule has 2 rings (SSSR count). The molecule has 2 aliphatic heterocycles. The molecule has 0 bridgehead atoms. The van der Waals surface area contributed by atoms with Crippen LogP contribution in [0.5, 0.6) is 0 Å². The number of nitrogens with zero attached hydrogens (tertiary/aromatic N) is 2. The van der Waals surface area contributed by atoms with Gasteiger partial charge in [-0.2, -0.15) is 0 Å². The van der Waals surface area contributed by atoms with Gasteiger partial charge in [-0.05, 0) is 0 Å². The second kappa shape index (κ2) is 3.23. The van der Waals surface area contributed by atoms with E-state index in [0.717, 1.165) is 25.3 Å². The van der Waals surface area contributed by atoms with Crippen LogP contribution < -0.4 is 5.32 Å². The van der Waals surface area contributed by atoms with Crippen molar-refractivity contribution in [1.82, 2.24) is 15.1 Å². The summed E-state index contributed by atoms with van der Waals surface area (Å²) in [6, 6.07) is 0.123. The van der Waals surface area contributed by atoms with Gasteiger partial charge < -0.3 is 10.2 Å². The number of amides is 2. The van der Waals surface area contributed by atoms with Crippen LogP contribution in [0.15, 0.2) is 11.9 Å². The highest BCUT2D eigenvalue weighted by Gasteiger charge is 2.31. The number of rotatable bonds is 0. The van der Waals surface area contributed by atoms with E-state index in [4.69, 9.17) is 0 Å². The summed E-state index contributed by atoms with van der Waals surface area (Å²) in [5, 5.41) is 3.11. The third-order valence-electron chi connectivity index (χ3n) is 2.05. The first-order chi connectivity index (χ1) is 5.29. The van der Waals surface area contributed by atoms with Crippen molar-refractivity contribution in [3.05, 3.63) is 11.9 Å². The lowest BCUT2D eigenvalue weighted by Crippen LogP contribution is -2.36. The van der Waals surface area contributed by atoms with Crippen molar-refractivity contribution in [2.75, 3.05) is 26.7 Å². The van der Waals surface area contributed by atoms with Crippen LogP contribution in [0.25, 0.3) is 0 Å². The van der Waals surface area contributed by atoms with E-state index < -0.39 is 0 Å². The normalized spacial score (nSPS) is 21.1. The second-order valence-electron chi connectivity index (χ2n) is 2.88. The van der Waals surface area contributed by atoms with Gasteiger partial charge in [0.05, 0.1) is 12.2 Å². The quantitative estimate of drug-likeness (QED) is 0.592. The number of urea groups is 1. The summed E-state index contributed by atoms with van der Waals surface area (Å²) in [6.07, 6.45) is 1.92. The van der Waals surface area contributed by atoms with Crippen molar-refractivity contribution in [3.63, 3.8) is 0 Å². The molecule has 0 aromatic rings. The maximum Gasteiger partial charge on any atom is 0.324 e. The fraction of sp³-hybridized carbons (Fsp3) is 0.571. The highest BCUT2D eigenvalue weighted by atomic mass is 35.5. The van der Waals surface area contributed by atoms with Crippen LogP contribution >= 0.6 is 12.4 Å². The van der Waals surface area contributed by atoms with Crippen LogP contribution in [0.3, 0.4) is 0 Å².